The molecule has 0 heterocycles. The highest BCUT2D eigenvalue weighted by molar-refractivity contribution is 9.10. The summed E-state index contributed by atoms with van der Waals surface area (Å²) < 4.78 is 11.6. The molecule has 0 aliphatic heterocycles. The summed E-state index contributed by atoms with van der Waals surface area (Å²) in [7, 11) is 1.46. The Bertz CT molecular complexity index is 1090. The summed E-state index contributed by atoms with van der Waals surface area (Å²) in [5.41, 5.74) is 5.54. The van der Waals surface area contributed by atoms with E-state index in [0.717, 1.165) is 16.8 Å². The Balaban J connectivity index is 2.01. The van der Waals surface area contributed by atoms with Crippen molar-refractivity contribution in [3.63, 3.8) is 0 Å². The number of benzene rings is 2. The average Bonchev–Trinajstić information content (AvgIpc) is 2.79. The second-order valence-corrected chi connectivity index (χ2v) is 8.53. The molecule has 2 aromatic rings. The largest absolute Gasteiger partial charge is 0.493 e. The Morgan fingerprint density at radius 3 is 2.53 bits per heavy atom. The summed E-state index contributed by atoms with van der Waals surface area (Å²) in [4.78, 5) is 35.9. The number of hydrogen-bond acceptors (Lipinski definition) is 6. The topological polar surface area (TPSA) is 118 Å². The summed E-state index contributed by atoms with van der Waals surface area (Å²) in [5, 5.41) is 9.19. The van der Waals surface area contributed by atoms with E-state index in [2.05, 4.69) is 37.1 Å². The minimum absolute atomic E-state index is 0.113. The van der Waals surface area contributed by atoms with Crippen LogP contribution in [0.2, 0.25) is 0 Å². The van der Waals surface area contributed by atoms with Gasteiger partial charge in [-0.25, -0.2) is 5.43 Å². The standard InChI is InChI=1S/C24H29BrN4O5/c1-6-16(4)27-23(31)24(32)29-26-12-17-10-18(25)22(20(11-17)33-5)34-13-21(30)28-19-8-7-14(2)9-15(19)3/h7-12,16H,6,13H2,1-5H3,(H,27,31)(H,28,30)(H,29,32)/b26-12-/t16-/m1/s1. The second-order valence-electron chi connectivity index (χ2n) is 7.67. The van der Waals surface area contributed by atoms with Crippen LogP contribution in [0.3, 0.4) is 0 Å². The predicted octanol–water partition coefficient (Wildman–Crippen LogP) is 3.46. The number of hydrazone groups is 1. The van der Waals surface area contributed by atoms with E-state index in [-0.39, 0.29) is 18.6 Å². The molecule has 0 spiro atoms. The predicted molar refractivity (Wildman–Crippen MR) is 134 cm³/mol. The molecule has 1 atom stereocenters. The molecule has 0 radical (unpaired) electrons. The number of hydrogen-bond donors (Lipinski definition) is 3. The molecule has 10 heteroatoms. The summed E-state index contributed by atoms with van der Waals surface area (Å²) >= 11 is 3.40. The molecule has 0 unspecified atom stereocenters. The summed E-state index contributed by atoms with van der Waals surface area (Å²) in [6.45, 7) is 7.38. The number of amides is 3. The number of halogens is 1. The van der Waals surface area contributed by atoms with Gasteiger partial charge in [0.1, 0.15) is 0 Å². The molecular formula is C24H29BrN4O5. The Morgan fingerprint density at radius 1 is 1.15 bits per heavy atom. The van der Waals surface area contributed by atoms with Crippen LogP contribution < -0.4 is 25.5 Å². The lowest BCUT2D eigenvalue weighted by Crippen LogP contribution is -2.41. The van der Waals surface area contributed by atoms with Gasteiger partial charge in [-0.15, -0.1) is 0 Å². The molecular weight excluding hydrogens is 504 g/mol. The molecule has 0 saturated carbocycles. The van der Waals surface area contributed by atoms with Crippen molar-refractivity contribution in [1.82, 2.24) is 10.7 Å². The molecule has 2 aromatic carbocycles. The molecule has 0 aliphatic carbocycles. The average molecular weight is 533 g/mol. The van der Waals surface area contributed by atoms with Crippen molar-refractivity contribution in [3.8, 4) is 11.5 Å². The van der Waals surface area contributed by atoms with E-state index >= 15 is 0 Å². The van der Waals surface area contributed by atoms with E-state index in [9.17, 15) is 14.4 Å². The fourth-order valence-corrected chi connectivity index (χ4v) is 3.41. The van der Waals surface area contributed by atoms with E-state index in [4.69, 9.17) is 9.47 Å². The maximum atomic E-state index is 12.4. The van der Waals surface area contributed by atoms with E-state index < -0.39 is 11.8 Å². The van der Waals surface area contributed by atoms with Crippen molar-refractivity contribution in [2.75, 3.05) is 19.0 Å². The number of nitrogens with zero attached hydrogens (tertiary/aromatic N) is 1. The Morgan fingerprint density at radius 2 is 1.88 bits per heavy atom. The van der Waals surface area contributed by atoms with Crippen LogP contribution >= 0.6 is 15.9 Å². The van der Waals surface area contributed by atoms with Crippen molar-refractivity contribution in [1.29, 1.82) is 0 Å². The van der Waals surface area contributed by atoms with Crippen LogP contribution in [0.25, 0.3) is 0 Å². The lowest BCUT2D eigenvalue weighted by atomic mass is 10.1. The molecule has 3 N–H and O–H groups in total. The van der Waals surface area contributed by atoms with Crippen LogP contribution in [-0.2, 0) is 14.4 Å². The number of aryl methyl sites for hydroxylation is 2. The van der Waals surface area contributed by atoms with Crippen molar-refractivity contribution in [2.24, 2.45) is 5.10 Å². The first kappa shape index (κ1) is 26.8. The third-order valence-corrected chi connectivity index (χ3v) is 5.42. The van der Waals surface area contributed by atoms with Crippen LogP contribution in [0, 0.1) is 13.8 Å². The van der Waals surface area contributed by atoms with Crippen LogP contribution in [-0.4, -0.2) is 43.7 Å². The zero-order valence-electron chi connectivity index (χ0n) is 19.8. The lowest BCUT2D eigenvalue weighted by Gasteiger charge is -2.14. The van der Waals surface area contributed by atoms with Gasteiger partial charge in [0.25, 0.3) is 5.91 Å². The number of rotatable bonds is 9. The zero-order valence-corrected chi connectivity index (χ0v) is 21.4. The van der Waals surface area contributed by atoms with Crippen molar-refractivity contribution in [2.45, 2.75) is 40.2 Å². The quantitative estimate of drug-likeness (QED) is 0.259. The molecule has 0 fully saturated rings. The monoisotopic (exact) mass is 532 g/mol. The van der Waals surface area contributed by atoms with E-state index in [1.807, 2.05) is 39.0 Å². The summed E-state index contributed by atoms with van der Waals surface area (Å²) in [5.74, 6) is -1.24. The van der Waals surface area contributed by atoms with Gasteiger partial charge in [-0.3, -0.25) is 14.4 Å². The SMILES string of the molecule is CC[C@@H](C)NC(=O)C(=O)N/N=C\c1cc(Br)c(OCC(=O)Nc2ccc(C)cc2C)c(OC)c1. The molecule has 0 bridgehead atoms. The molecule has 34 heavy (non-hydrogen) atoms. The molecule has 9 nitrogen and oxygen atoms in total. The van der Waals surface area contributed by atoms with Crippen molar-refractivity contribution >= 4 is 45.6 Å². The first-order valence-electron chi connectivity index (χ1n) is 10.7. The first-order valence-corrected chi connectivity index (χ1v) is 11.4. The van der Waals surface area contributed by atoms with Gasteiger partial charge in [0, 0.05) is 11.7 Å². The number of ether oxygens (including phenoxy) is 2. The first-order chi connectivity index (χ1) is 16.1. The molecule has 2 rings (SSSR count). The van der Waals surface area contributed by atoms with Gasteiger partial charge in [-0.1, -0.05) is 24.6 Å². The maximum Gasteiger partial charge on any atom is 0.329 e. The van der Waals surface area contributed by atoms with Gasteiger partial charge >= 0.3 is 11.8 Å². The summed E-state index contributed by atoms with van der Waals surface area (Å²) in [6.07, 6.45) is 2.07. The van der Waals surface area contributed by atoms with Crippen LogP contribution in [0.1, 0.15) is 37.0 Å². The van der Waals surface area contributed by atoms with Crippen molar-refractivity contribution < 1.29 is 23.9 Å². The molecule has 182 valence electrons. The number of methoxy groups -OCH3 is 1. The van der Waals surface area contributed by atoms with Gasteiger partial charge in [0.2, 0.25) is 0 Å². The minimum Gasteiger partial charge on any atom is -0.493 e. The van der Waals surface area contributed by atoms with E-state index in [1.54, 1.807) is 19.1 Å². The molecule has 0 saturated heterocycles. The minimum atomic E-state index is -0.864. The van der Waals surface area contributed by atoms with E-state index in [0.29, 0.717) is 28.0 Å². The van der Waals surface area contributed by atoms with Gasteiger partial charge in [0.05, 0.1) is 17.8 Å². The highest BCUT2D eigenvalue weighted by Gasteiger charge is 2.16. The van der Waals surface area contributed by atoms with Gasteiger partial charge < -0.3 is 20.1 Å². The van der Waals surface area contributed by atoms with Crippen molar-refractivity contribution in [3.05, 3.63) is 51.5 Å². The van der Waals surface area contributed by atoms with Crippen LogP contribution in [0.4, 0.5) is 5.69 Å². The second kappa shape index (κ2) is 12.7. The highest BCUT2D eigenvalue weighted by atomic mass is 79.9. The third kappa shape index (κ3) is 7.87. The zero-order chi connectivity index (χ0) is 25.3. The van der Waals surface area contributed by atoms with Crippen LogP contribution in [0.15, 0.2) is 39.9 Å². The highest BCUT2D eigenvalue weighted by Crippen LogP contribution is 2.36. The number of carbonyl (C=O) groups excluding carboxylic acids is 3. The van der Waals surface area contributed by atoms with E-state index in [1.165, 1.54) is 13.3 Å². The smallest absolute Gasteiger partial charge is 0.329 e. The number of nitrogens with one attached hydrogen (secondary N) is 3. The number of anilines is 1. The fraction of sp³-hybridized carbons (Fsp3) is 0.333. The third-order valence-electron chi connectivity index (χ3n) is 4.83. The Labute approximate surface area is 207 Å². The summed E-state index contributed by atoms with van der Waals surface area (Å²) in [6, 6.07) is 8.94. The van der Waals surface area contributed by atoms with Gasteiger partial charge in [-0.05, 0) is 72.4 Å². The van der Waals surface area contributed by atoms with Gasteiger partial charge in [-0.2, -0.15) is 5.10 Å². The molecule has 3 amide bonds. The van der Waals surface area contributed by atoms with Gasteiger partial charge in [0.15, 0.2) is 18.1 Å². The van der Waals surface area contributed by atoms with Crippen LogP contribution in [0.5, 0.6) is 11.5 Å². The molecule has 0 aromatic heterocycles. The molecule has 0 aliphatic rings. The lowest BCUT2D eigenvalue weighted by molar-refractivity contribution is -0.139. The fourth-order valence-electron chi connectivity index (χ4n) is 2.84. The Kier molecular flexibility index (Phi) is 10.1. The normalized spacial score (nSPS) is 11.6. The Hall–Kier alpha value is -3.40. The number of carbonyl (C=O) groups is 3. The maximum absolute atomic E-state index is 12.4.